The molecule has 1 aromatic heterocycles. The first-order chi connectivity index (χ1) is 10.2. The van der Waals surface area contributed by atoms with Crippen LogP contribution in [0.1, 0.15) is 55.7 Å². The second-order valence-corrected chi connectivity index (χ2v) is 6.83. The first kappa shape index (κ1) is 16.3. The molecule has 0 fully saturated rings. The monoisotopic (exact) mass is 301 g/mol. The molecule has 1 atom stereocenters. The van der Waals surface area contributed by atoms with Crippen LogP contribution in [0.5, 0.6) is 0 Å². The predicted octanol–water partition coefficient (Wildman–Crippen LogP) is 5.47. The highest BCUT2D eigenvalue weighted by molar-refractivity contribution is 7.10. The van der Waals surface area contributed by atoms with Gasteiger partial charge in [0.05, 0.1) is 0 Å². The van der Waals surface area contributed by atoms with Crippen molar-refractivity contribution in [1.29, 1.82) is 0 Å². The van der Waals surface area contributed by atoms with Gasteiger partial charge in [-0.3, -0.25) is 0 Å². The number of hydrogen-bond acceptors (Lipinski definition) is 2. The summed E-state index contributed by atoms with van der Waals surface area (Å²) in [6.45, 7) is 10.0. The van der Waals surface area contributed by atoms with Crippen LogP contribution in [-0.4, -0.2) is 6.54 Å². The Morgan fingerprint density at radius 1 is 1.10 bits per heavy atom. The quantitative estimate of drug-likeness (QED) is 0.715. The normalized spacial score (nSPS) is 13.3. The topological polar surface area (TPSA) is 12.0 Å². The molecular formula is C19H27NS. The van der Waals surface area contributed by atoms with E-state index in [0.717, 1.165) is 19.4 Å². The minimum Gasteiger partial charge on any atom is -0.309 e. The van der Waals surface area contributed by atoms with Gasteiger partial charge in [-0.1, -0.05) is 51.1 Å². The van der Waals surface area contributed by atoms with Crippen LogP contribution >= 0.6 is 11.3 Å². The van der Waals surface area contributed by atoms with E-state index in [1.807, 2.05) is 11.3 Å². The Kier molecular flexibility index (Phi) is 5.60. The second-order valence-electron chi connectivity index (χ2n) is 5.71. The summed E-state index contributed by atoms with van der Waals surface area (Å²) in [5.74, 6) is 0. The van der Waals surface area contributed by atoms with Crippen molar-refractivity contribution in [2.45, 2.75) is 52.0 Å². The molecule has 0 aliphatic heterocycles. The maximum Gasteiger partial charge on any atom is 0.0426 e. The Morgan fingerprint density at radius 2 is 1.76 bits per heavy atom. The van der Waals surface area contributed by atoms with Gasteiger partial charge >= 0.3 is 0 Å². The number of nitrogens with one attached hydrogen (secondary N) is 1. The van der Waals surface area contributed by atoms with Crippen LogP contribution in [-0.2, 0) is 5.41 Å². The van der Waals surface area contributed by atoms with E-state index in [9.17, 15) is 0 Å². The van der Waals surface area contributed by atoms with E-state index in [1.165, 1.54) is 16.0 Å². The van der Waals surface area contributed by atoms with Crippen LogP contribution in [0.2, 0.25) is 0 Å². The summed E-state index contributed by atoms with van der Waals surface area (Å²) >= 11 is 1.85. The van der Waals surface area contributed by atoms with Crippen molar-refractivity contribution in [2.24, 2.45) is 0 Å². The molecule has 1 unspecified atom stereocenters. The van der Waals surface area contributed by atoms with Gasteiger partial charge in [-0.2, -0.15) is 0 Å². The van der Waals surface area contributed by atoms with Crippen LogP contribution in [0, 0.1) is 6.92 Å². The van der Waals surface area contributed by atoms with Crippen molar-refractivity contribution < 1.29 is 0 Å². The molecule has 1 heterocycles. The molecule has 2 rings (SSSR count). The number of benzene rings is 1. The fraction of sp³-hybridized carbons (Fsp3) is 0.474. The van der Waals surface area contributed by atoms with E-state index in [4.69, 9.17) is 0 Å². The van der Waals surface area contributed by atoms with Gasteiger partial charge in [-0.05, 0) is 48.9 Å². The lowest BCUT2D eigenvalue weighted by Gasteiger charge is -2.41. The van der Waals surface area contributed by atoms with Crippen molar-refractivity contribution in [2.75, 3.05) is 6.54 Å². The van der Waals surface area contributed by atoms with Gasteiger partial charge in [0, 0.05) is 16.3 Å². The lowest BCUT2D eigenvalue weighted by molar-refractivity contribution is 0.278. The Bertz CT molecular complexity index is 540. The molecule has 0 spiro atoms. The number of thiophene rings is 1. The largest absolute Gasteiger partial charge is 0.309 e. The molecule has 0 amide bonds. The Balaban J connectivity index is 2.51. The van der Waals surface area contributed by atoms with Crippen LogP contribution in [0.25, 0.3) is 0 Å². The lowest BCUT2D eigenvalue weighted by atomic mass is 9.68. The van der Waals surface area contributed by atoms with E-state index < -0.39 is 0 Å². The van der Waals surface area contributed by atoms with Gasteiger partial charge in [0.25, 0.3) is 0 Å². The van der Waals surface area contributed by atoms with Crippen molar-refractivity contribution in [3.8, 4) is 0 Å². The zero-order valence-electron chi connectivity index (χ0n) is 13.6. The molecule has 2 aromatic rings. The van der Waals surface area contributed by atoms with E-state index in [2.05, 4.69) is 74.8 Å². The van der Waals surface area contributed by atoms with Gasteiger partial charge in [0.1, 0.15) is 0 Å². The molecule has 1 N–H and O–H groups in total. The van der Waals surface area contributed by atoms with Crippen molar-refractivity contribution in [1.82, 2.24) is 5.32 Å². The third-order valence-electron chi connectivity index (χ3n) is 4.66. The van der Waals surface area contributed by atoms with Gasteiger partial charge < -0.3 is 5.32 Å². The summed E-state index contributed by atoms with van der Waals surface area (Å²) in [4.78, 5) is 1.39. The predicted molar refractivity (Wildman–Crippen MR) is 94.2 cm³/mol. The minimum absolute atomic E-state index is 0.158. The third-order valence-corrected chi connectivity index (χ3v) is 5.54. The Labute approximate surface area is 133 Å². The zero-order chi connectivity index (χ0) is 15.3. The SMILES string of the molecule is CCNC(c1csc(C)c1)C(CC)(CC)c1ccccc1. The molecule has 0 saturated carbocycles. The first-order valence-electron chi connectivity index (χ1n) is 8.01. The van der Waals surface area contributed by atoms with Crippen LogP contribution in [0.3, 0.4) is 0 Å². The van der Waals surface area contributed by atoms with E-state index in [-0.39, 0.29) is 5.41 Å². The maximum atomic E-state index is 3.76. The molecule has 0 radical (unpaired) electrons. The fourth-order valence-electron chi connectivity index (χ4n) is 3.45. The van der Waals surface area contributed by atoms with E-state index in [0.29, 0.717) is 6.04 Å². The van der Waals surface area contributed by atoms with Gasteiger partial charge in [0.2, 0.25) is 0 Å². The summed E-state index contributed by atoms with van der Waals surface area (Å²) < 4.78 is 0. The Hall–Kier alpha value is -1.12. The molecule has 0 saturated heterocycles. The average molecular weight is 301 g/mol. The molecule has 0 bridgehead atoms. The number of aryl methyl sites for hydroxylation is 1. The second kappa shape index (κ2) is 7.24. The fourth-order valence-corrected chi connectivity index (χ4v) is 4.18. The highest BCUT2D eigenvalue weighted by atomic mass is 32.1. The van der Waals surface area contributed by atoms with Crippen molar-refractivity contribution >= 4 is 11.3 Å². The highest BCUT2D eigenvalue weighted by Gasteiger charge is 2.38. The number of hydrogen-bond donors (Lipinski definition) is 1. The van der Waals surface area contributed by atoms with Crippen LogP contribution in [0.15, 0.2) is 41.8 Å². The minimum atomic E-state index is 0.158. The summed E-state index contributed by atoms with van der Waals surface area (Å²) in [5.41, 5.74) is 3.04. The molecule has 0 aliphatic carbocycles. The molecule has 1 aromatic carbocycles. The molecule has 114 valence electrons. The summed E-state index contributed by atoms with van der Waals surface area (Å²) in [7, 11) is 0. The number of rotatable bonds is 7. The maximum absolute atomic E-state index is 3.76. The summed E-state index contributed by atoms with van der Waals surface area (Å²) in [5, 5.41) is 6.09. The van der Waals surface area contributed by atoms with Gasteiger partial charge in [-0.25, -0.2) is 0 Å². The van der Waals surface area contributed by atoms with Gasteiger partial charge in [0.15, 0.2) is 0 Å². The highest BCUT2D eigenvalue weighted by Crippen LogP contribution is 2.44. The van der Waals surface area contributed by atoms with E-state index >= 15 is 0 Å². The van der Waals surface area contributed by atoms with E-state index in [1.54, 1.807) is 0 Å². The summed E-state index contributed by atoms with van der Waals surface area (Å²) in [6.07, 6.45) is 2.28. The third kappa shape index (κ3) is 3.22. The smallest absolute Gasteiger partial charge is 0.0426 e. The molecule has 21 heavy (non-hydrogen) atoms. The molecule has 1 nitrogen and oxygen atoms in total. The average Bonchev–Trinajstić information content (AvgIpc) is 2.95. The summed E-state index contributed by atoms with van der Waals surface area (Å²) in [6, 6.07) is 13.7. The van der Waals surface area contributed by atoms with Crippen molar-refractivity contribution in [3.05, 3.63) is 57.8 Å². The molecule has 2 heteroatoms. The zero-order valence-corrected chi connectivity index (χ0v) is 14.5. The lowest BCUT2D eigenvalue weighted by Crippen LogP contribution is -2.41. The standard InChI is InChI=1S/C19H27NS/c1-5-19(6-2,17-11-9-8-10-12-17)18(20-7-3)16-13-15(4)21-14-16/h8-14,18,20H,5-7H2,1-4H3. The van der Waals surface area contributed by atoms with Crippen molar-refractivity contribution in [3.63, 3.8) is 0 Å². The van der Waals surface area contributed by atoms with Crippen LogP contribution in [0.4, 0.5) is 0 Å². The number of likely N-dealkylation sites (N-methyl/N-ethyl adjacent to an activating group) is 1. The molecule has 0 aliphatic rings. The Morgan fingerprint density at radius 3 is 2.24 bits per heavy atom. The van der Waals surface area contributed by atoms with Crippen LogP contribution < -0.4 is 5.32 Å². The first-order valence-corrected chi connectivity index (χ1v) is 8.89. The molecular weight excluding hydrogens is 274 g/mol. The van der Waals surface area contributed by atoms with Gasteiger partial charge in [-0.15, -0.1) is 11.3 Å².